The average molecular weight is 166 g/mol. The van der Waals surface area contributed by atoms with Gasteiger partial charge < -0.3 is 4.74 Å². The summed E-state index contributed by atoms with van der Waals surface area (Å²) in [6, 6.07) is 0. The molecular weight excluding hydrogens is 152 g/mol. The molecule has 2 rings (SSSR count). The van der Waals surface area contributed by atoms with Crippen molar-refractivity contribution in [3.05, 3.63) is 12.2 Å². The molecule has 0 N–H and O–H groups in total. The van der Waals surface area contributed by atoms with Crippen LogP contribution in [0.4, 0.5) is 0 Å². The van der Waals surface area contributed by atoms with Crippen LogP contribution in [0.2, 0.25) is 0 Å². The smallest absolute Gasteiger partial charge is 0.164 e. The second-order valence-corrected chi connectivity index (χ2v) is 3.90. The summed E-state index contributed by atoms with van der Waals surface area (Å²) in [5, 5.41) is 0. The van der Waals surface area contributed by atoms with Crippen molar-refractivity contribution in [3.63, 3.8) is 0 Å². The quantitative estimate of drug-likeness (QED) is 0.554. The normalized spacial score (nSPS) is 40.6. The van der Waals surface area contributed by atoms with Crippen LogP contribution in [-0.2, 0) is 9.53 Å². The van der Waals surface area contributed by atoms with E-state index in [0.29, 0.717) is 12.3 Å². The minimum atomic E-state index is -0.472. The van der Waals surface area contributed by atoms with E-state index in [2.05, 4.69) is 6.58 Å². The minimum absolute atomic E-state index is 0.278. The van der Waals surface area contributed by atoms with Gasteiger partial charge in [-0.2, -0.15) is 0 Å². The molecule has 0 saturated heterocycles. The number of carbonyl (C=O) groups excluding carboxylic acids is 1. The zero-order valence-electron chi connectivity index (χ0n) is 7.43. The molecule has 0 radical (unpaired) electrons. The van der Waals surface area contributed by atoms with Crippen molar-refractivity contribution in [2.75, 3.05) is 7.11 Å². The van der Waals surface area contributed by atoms with Crippen molar-refractivity contribution in [3.8, 4) is 0 Å². The highest BCUT2D eigenvalue weighted by Crippen LogP contribution is 2.47. The van der Waals surface area contributed by atoms with Crippen LogP contribution >= 0.6 is 0 Å². The molecule has 2 aliphatic rings. The molecule has 12 heavy (non-hydrogen) atoms. The lowest BCUT2D eigenvalue weighted by Gasteiger charge is -2.29. The largest absolute Gasteiger partial charge is 0.370 e. The van der Waals surface area contributed by atoms with E-state index in [0.717, 1.165) is 19.3 Å². The molecule has 2 unspecified atom stereocenters. The van der Waals surface area contributed by atoms with E-state index >= 15 is 0 Å². The summed E-state index contributed by atoms with van der Waals surface area (Å²) >= 11 is 0. The van der Waals surface area contributed by atoms with E-state index in [1.807, 2.05) is 0 Å². The lowest BCUT2D eigenvalue weighted by Crippen LogP contribution is -2.40. The minimum Gasteiger partial charge on any atom is -0.370 e. The number of fused-ring (bicyclic) bond motifs is 2. The maximum atomic E-state index is 11.6. The van der Waals surface area contributed by atoms with Gasteiger partial charge in [-0.15, -0.1) is 0 Å². The highest BCUT2D eigenvalue weighted by atomic mass is 16.5. The fourth-order valence-electron chi connectivity index (χ4n) is 2.45. The predicted molar refractivity (Wildman–Crippen MR) is 45.8 cm³/mol. The molecule has 0 aromatic heterocycles. The Bertz CT molecular complexity index is 244. The van der Waals surface area contributed by atoms with Gasteiger partial charge in [0.15, 0.2) is 5.78 Å². The monoisotopic (exact) mass is 166 g/mol. The molecule has 66 valence electrons. The molecule has 0 aliphatic heterocycles. The fraction of sp³-hybridized carbons (Fsp3) is 0.700. The first kappa shape index (κ1) is 7.99. The van der Waals surface area contributed by atoms with Gasteiger partial charge >= 0.3 is 0 Å². The van der Waals surface area contributed by atoms with Crippen LogP contribution in [0, 0.1) is 5.92 Å². The standard InChI is InChI=1S/C10H14O2/c1-7-5-10(12-2)6-8(7)3-4-9(10)11/h8H,1,3-6H2,2H3. The van der Waals surface area contributed by atoms with E-state index in [1.165, 1.54) is 5.57 Å². The van der Waals surface area contributed by atoms with Gasteiger partial charge in [0.2, 0.25) is 0 Å². The van der Waals surface area contributed by atoms with Crippen LogP contribution in [0.15, 0.2) is 12.2 Å². The van der Waals surface area contributed by atoms with Crippen LogP contribution in [0.5, 0.6) is 0 Å². The van der Waals surface area contributed by atoms with Crippen LogP contribution in [0.25, 0.3) is 0 Å². The molecule has 0 amide bonds. The number of hydrogen-bond donors (Lipinski definition) is 0. The summed E-state index contributed by atoms with van der Waals surface area (Å²) in [6.45, 7) is 3.99. The average Bonchev–Trinajstić information content (AvgIpc) is 2.35. The first-order valence-corrected chi connectivity index (χ1v) is 4.44. The molecule has 2 fully saturated rings. The second-order valence-electron chi connectivity index (χ2n) is 3.90. The first-order chi connectivity index (χ1) is 5.68. The van der Waals surface area contributed by atoms with Gasteiger partial charge in [-0.3, -0.25) is 4.79 Å². The Morgan fingerprint density at radius 1 is 1.67 bits per heavy atom. The Balaban J connectivity index is 2.32. The van der Waals surface area contributed by atoms with Crippen molar-refractivity contribution < 1.29 is 9.53 Å². The van der Waals surface area contributed by atoms with E-state index in [-0.39, 0.29) is 5.78 Å². The second kappa shape index (κ2) is 2.43. The number of rotatable bonds is 1. The third kappa shape index (κ3) is 0.876. The Kier molecular flexibility index (Phi) is 1.62. The Morgan fingerprint density at radius 3 is 3.00 bits per heavy atom. The third-order valence-corrected chi connectivity index (χ3v) is 3.28. The molecule has 0 aromatic carbocycles. The number of carbonyl (C=O) groups is 1. The molecule has 0 aromatic rings. The van der Waals surface area contributed by atoms with Gasteiger partial charge in [-0.25, -0.2) is 0 Å². The first-order valence-electron chi connectivity index (χ1n) is 4.44. The zero-order valence-corrected chi connectivity index (χ0v) is 7.43. The van der Waals surface area contributed by atoms with Crippen LogP contribution < -0.4 is 0 Å². The number of Topliss-reactive ketones (excluding diaryl/α,β-unsaturated/α-hetero) is 1. The van der Waals surface area contributed by atoms with Gasteiger partial charge in [0.05, 0.1) is 0 Å². The van der Waals surface area contributed by atoms with Gasteiger partial charge in [-0.1, -0.05) is 12.2 Å². The van der Waals surface area contributed by atoms with Crippen LogP contribution in [-0.4, -0.2) is 18.5 Å². The zero-order chi connectivity index (χ0) is 8.77. The van der Waals surface area contributed by atoms with Crippen molar-refractivity contribution in [1.82, 2.24) is 0 Å². The van der Waals surface area contributed by atoms with Crippen molar-refractivity contribution >= 4 is 5.78 Å². The SMILES string of the molecule is C=C1CC2(OC)CC1CCC2=O. The Morgan fingerprint density at radius 2 is 2.42 bits per heavy atom. The highest BCUT2D eigenvalue weighted by Gasteiger charge is 2.50. The van der Waals surface area contributed by atoms with E-state index in [1.54, 1.807) is 7.11 Å². The van der Waals surface area contributed by atoms with Gasteiger partial charge in [0.1, 0.15) is 5.60 Å². The number of methoxy groups -OCH3 is 1. The lowest BCUT2D eigenvalue weighted by molar-refractivity contribution is -0.143. The number of ether oxygens (including phenoxy) is 1. The maximum Gasteiger partial charge on any atom is 0.164 e. The lowest BCUT2D eigenvalue weighted by atomic mass is 9.84. The highest BCUT2D eigenvalue weighted by molar-refractivity contribution is 5.89. The van der Waals surface area contributed by atoms with Gasteiger partial charge in [0.25, 0.3) is 0 Å². The number of ketones is 1. The van der Waals surface area contributed by atoms with Crippen molar-refractivity contribution in [2.45, 2.75) is 31.3 Å². The molecule has 2 heteroatoms. The summed E-state index contributed by atoms with van der Waals surface area (Å²) in [5.74, 6) is 0.822. The topological polar surface area (TPSA) is 26.3 Å². The van der Waals surface area contributed by atoms with Crippen LogP contribution in [0.1, 0.15) is 25.7 Å². The van der Waals surface area contributed by atoms with Gasteiger partial charge in [-0.05, 0) is 18.8 Å². The molecule has 0 heterocycles. The molecule has 0 spiro atoms. The summed E-state index contributed by atoms with van der Waals surface area (Å²) in [4.78, 5) is 11.6. The Labute approximate surface area is 72.6 Å². The maximum absolute atomic E-state index is 11.6. The van der Waals surface area contributed by atoms with Crippen molar-refractivity contribution in [1.29, 1.82) is 0 Å². The van der Waals surface area contributed by atoms with E-state index < -0.39 is 5.60 Å². The van der Waals surface area contributed by atoms with E-state index in [4.69, 9.17) is 4.74 Å². The van der Waals surface area contributed by atoms with Crippen LogP contribution in [0.3, 0.4) is 0 Å². The van der Waals surface area contributed by atoms with Gasteiger partial charge in [0, 0.05) is 20.0 Å². The summed E-state index contributed by atoms with van der Waals surface area (Å²) in [7, 11) is 1.64. The third-order valence-electron chi connectivity index (χ3n) is 3.28. The summed E-state index contributed by atoms with van der Waals surface area (Å²) in [5.41, 5.74) is 0.739. The molecule has 2 aliphatic carbocycles. The molecule has 2 bridgehead atoms. The van der Waals surface area contributed by atoms with Crippen molar-refractivity contribution in [2.24, 2.45) is 5.92 Å². The Hall–Kier alpha value is -0.630. The molecular formula is C10H14O2. The molecule has 2 nitrogen and oxygen atoms in total. The van der Waals surface area contributed by atoms with E-state index in [9.17, 15) is 4.79 Å². The molecule has 2 atom stereocenters. The summed E-state index contributed by atoms with van der Waals surface area (Å²) in [6.07, 6.45) is 3.30. The fourth-order valence-corrected chi connectivity index (χ4v) is 2.45. The summed E-state index contributed by atoms with van der Waals surface area (Å²) < 4.78 is 5.34. The molecule has 2 saturated carbocycles. The number of hydrogen-bond acceptors (Lipinski definition) is 2. The predicted octanol–water partition coefficient (Wildman–Crippen LogP) is 1.70.